The highest BCUT2D eigenvalue weighted by Crippen LogP contribution is 2.41. The highest BCUT2D eigenvalue weighted by molar-refractivity contribution is 7.13. The van der Waals surface area contributed by atoms with E-state index >= 15 is 0 Å². The molecule has 0 bridgehead atoms. The van der Waals surface area contributed by atoms with E-state index in [4.69, 9.17) is 0 Å². The third kappa shape index (κ3) is 2.91. The summed E-state index contributed by atoms with van der Waals surface area (Å²) >= 11 is 0.913. The predicted molar refractivity (Wildman–Crippen MR) is 58.6 cm³/mol. The van der Waals surface area contributed by atoms with Crippen LogP contribution in [0.25, 0.3) is 10.4 Å². The second-order valence-electron chi connectivity index (χ2n) is 3.67. The van der Waals surface area contributed by atoms with Crippen molar-refractivity contribution in [2.24, 2.45) is 0 Å². The Kier molecular flexibility index (Phi) is 3.34. The normalized spacial score (nSPS) is 12.7. The molecule has 0 aliphatic heterocycles. The summed E-state index contributed by atoms with van der Waals surface area (Å²) in [5.41, 5.74) is -2.88. The maximum absolute atomic E-state index is 12.8. The van der Waals surface area contributed by atoms with E-state index in [1.807, 2.05) is 0 Å². The van der Waals surface area contributed by atoms with Crippen molar-refractivity contribution in [1.82, 2.24) is 0 Å². The van der Waals surface area contributed by atoms with E-state index < -0.39 is 23.5 Å². The van der Waals surface area contributed by atoms with Gasteiger partial charge >= 0.3 is 12.4 Å². The quantitative estimate of drug-likeness (QED) is 0.630. The number of hydrogen-bond acceptors (Lipinski definition) is 1. The molecular formula is C12H5F6S. The summed E-state index contributed by atoms with van der Waals surface area (Å²) in [6.45, 7) is 0. The van der Waals surface area contributed by atoms with Crippen molar-refractivity contribution in [1.29, 1.82) is 0 Å². The SMILES string of the molecule is FC(F)(F)c1ccc(-c2cc[c]s2)c(C(F)(F)F)c1. The maximum atomic E-state index is 12.8. The fraction of sp³-hybridized carbons (Fsp3) is 0.167. The van der Waals surface area contributed by atoms with Gasteiger partial charge in [-0.15, -0.1) is 11.3 Å². The van der Waals surface area contributed by atoms with Gasteiger partial charge in [-0.1, -0.05) is 6.07 Å². The Labute approximate surface area is 108 Å². The highest BCUT2D eigenvalue weighted by atomic mass is 32.1. The van der Waals surface area contributed by atoms with Crippen LogP contribution >= 0.6 is 11.3 Å². The molecule has 1 aromatic carbocycles. The van der Waals surface area contributed by atoms with Gasteiger partial charge in [0.15, 0.2) is 0 Å². The molecule has 0 saturated heterocycles. The molecule has 0 N–H and O–H groups in total. The van der Waals surface area contributed by atoms with Gasteiger partial charge in [-0.3, -0.25) is 0 Å². The zero-order valence-electron chi connectivity index (χ0n) is 9.06. The Balaban J connectivity index is 2.63. The molecular weight excluding hydrogens is 290 g/mol. The van der Waals surface area contributed by atoms with Gasteiger partial charge in [-0.25, -0.2) is 0 Å². The van der Waals surface area contributed by atoms with Gasteiger partial charge in [0.2, 0.25) is 0 Å². The summed E-state index contributed by atoms with van der Waals surface area (Å²) in [6.07, 6.45) is -9.65. The van der Waals surface area contributed by atoms with Crippen LogP contribution in [0, 0.1) is 5.38 Å². The number of benzene rings is 1. The first kappa shape index (κ1) is 13.9. The molecule has 1 heterocycles. The van der Waals surface area contributed by atoms with Gasteiger partial charge in [-0.05, 0) is 24.3 Å². The molecule has 7 heteroatoms. The standard InChI is InChI=1S/C12H5F6S/c13-11(14,15)7-3-4-8(10-2-1-5-19-10)9(6-7)12(16,17)18/h1-4,6H. The molecule has 0 aliphatic rings. The minimum atomic E-state index is -4.85. The van der Waals surface area contributed by atoms with Crippen molar-refractivity contribution in [3.05, 3.63) is 46.8 Å². The molecule has 1 radical (unpaired) electrons. The summed E-state index contributed by atoms with van der Waals surface area (Å²) in [5, 5.41) is 2.60. The van der Waals surface area contributed by atoms with E-state index in [9.17, 15) is 26.3 Å². The first-order chi connectivity index (χ1) is 8.69. The number of hydrogen-bond donors (Lipinski definition) is 0. The second kappa shape index (κ2) is 4.56. The van der Waals surface area contributed by atoms with Crippen molar-refractivity contribution >= 4 is 11.3 Å². The largest absolute Gasteiger partial charge is 0.417 e. The molecule has 0 spiro atoms. The van der Waals surface area contributed by atoms with Crippen LogP contribution in [-0.2, 0) is 12.4 Å². The van der Waals surface area contributed by atoms with Crippen LogP contribution < -0.4 is 0 Å². The highest BCUT2D eigenvalue weighted by Gasteiger charge is 2.38. The molecule has 0 nitrogen and oxygen atoms in total. The predicted octanol–water partition coefficient (Wildman–Crippen LogP) is 5.25. The van der Waals surface area contributed by atoms with Crippen molar-refractivity contribution < 1.29 is 26.3 Å². The lowest BCUT2D eigenvalue weighted by Crippen LogP contribution is -2.11. The van der Waals surface area contributed by atoms with E-state index in [2.05, 4.69) is 5.38 Å². The summed E-state index contributed by atoms with van der Waals surface area (Å²) in [7, 11) is 0. The van der Waals surface area contributed by atoms with Crippen molar-refractivity contribution in [3.8, 4) is 10.4 Å². The lowest BCUT2D eigenvalue weighted by Gasteiger charge is -2.15. The molecule has 0 aliphatic carbocycles. The van der Waals surface area contributed by atoms with Crippen molar-refractivity contribution in [2.75, 3.05) is 0 Å². The molecule has 0 amide bonds. The lowest BCUT2D eigenvalue weighted by molar-refractivity contribution is -0.142. The van der Waals surface area contributed by atoms with E-state index in [1.165, 1.54) is 12.1 Å². The average Bonchev–Trinajstić information content (AvgIpc) is 2.79. The van der Waals surface area contributed by atoms with Gasteiger partial charge < -0.3 is 0 Å². The molecule has 0 saturated carbocycles. The molecule has 2 aromatic rings. The molecule has 0 fully saturated rings. The van der Waals surface area contributed by atoms with E-state index in [-0.39, 0.29) is 16.5 Å². The molecule has 1 aromatic heterocycles. The summed E-state index contributed by atoms with van der Waals surface area (Å²) in [6, 6.07) is 4.41. The second-order valence-corrected chi connectivity index (χ2v) is 4.55. The van der Waals surface area contributed by atoms with Gasteiger partial charge in [-0.2, -0.15) is 26.3 Å². The Morgan fingerprint density at radius 3 is 2.05 bits per heavy atom. The van der Waals surface area contributed by atoms with Gasteiger partial charge in [0.05, 0.1) is 11.1 Å². The first-order valence-electron chi connectivity index (χ1n) is 4.94. The lowest BCUT2D eigenvalue weighted by atomic mass is 10.0. The zero-order chi connectivity index (χ0) is 14.3. The zero-order valence-corrected chi connectivity index (χ0v) is 9.88. The molecule has 0 unspecified atom stereocenters. The van der Waals surface area contributed by atoms with Crippen LogP contribution in [0.1, 0.15) is 11.1 Å². The van der Waals surface area contributed by atoms with E-state index in [0.717, 1.165) is 17.4 Å². The first-order valence-corrected chi connectivity index (χ1v) is 5.76. The minimum absolute atomic E-state index is 0.134. The summed E-state index contributed by atoms with van der Waals surface area (Å²) < 4.78 is 75.9. The third-order valence-corrected chi connectivity index (χ3v) is 3.22. The smallest absolute Gasteiger partial charge is 0.166 e. The number of thiophene rings is 1. The van der Waals surface area contributed by atoms with Crippen LogP contribution in [0.2, 0.25) is 0 Å². The number of rotatable bonds is 1. The Bertz CT molecular complexity index is 565. The number of alkyl halides is 6. The maximum Gasteiger partial charge on any atom is 0.417 e. The molecule has 2 rings (SSSR count). The van der Waals surface area contributed by atoms with Crippen LogP contribution in [0.4, 0.5) is 26.3 Å². The van der Waals surface area contributed by atoms with Crippen LogP contribution in [0.15, 0.2) is 30.3 Å². The Morgan fingerprint density at radius 2 is 1.58 bits per heavy atom. The summed E-state index contributed by atoms with van der Waals surface area (Å²) in [4.78, 5) is 0.223. The number of halogens is 6. The minimum Gasteiger partial charge on any atom is -0.166 e. The van der Waals surface area contributed by atoms with E-state index in [0.29, 0.717) is 6.07 Å². The monoisotopic (exact) mass is 295 g/mol. The third-order valence-electron chi connectivity index (χ3n) is 2.39. The summed E-state index contributed by atoms with van der Waals surface area (Å²) in [5.74, 6) is 0. The van der Waals surface area contributed by atoms with Gasteiger partial charge in [0, 0.05) is 15.8 Å². The molecule has 19 heavy (non-hydrogen) atoms. The van der Waals surface area contributed by atoms with E-state index in [1.54, 1.807) is 0 Å². The fourth-order valence-electron chi connectivity index (χ4n) is 1.56. The molecule has 101 valence electrons. The Hall–Kier alpha value is -1.50. The topological polar surface area (TPSA) is 0 Å². The molecule has 0 atom stereocenters. The van der Waals surface area contributed by atoms with Crippen molar-refractivity contribution in [2.45, 2.75) is 12.4 Å². The van der Waals surface area contributed by atoms with Crippen LogP contribution in [0.3, 0.4) is 0 Å². The van der Waals surface area contributed by atoms with Gasteiger partial charge in [0.1, 0.15) is 0 Å². The van der Waals surface area contributed by atoms with Crippen LogP contribution in [0.5, 0.6) is 0 Å². The van der Waals surface area contributed by atoms with Crippen molar-refractivity contribution in [3.63, 3.8) is 0 Å². The van der Waals surface area contributed by atoms with Gasteiger partial charge in [0.25, 0.3) is 0 Å². The fourth-order valence-corrected chi connectivity index (χ4v) is 2.24. The van der Waals surface area contributed by atoms with Crippen LogP contribution in [-0.4, -0.2) is 0 Å². The average molecular weight is 295 g/mol. The Morgan fingerprint density at radius 1 is 0.895 bits per heavy atom.